The van der Waals surface area contributed by atoms with Gasteiger partial charge in [0.05, 0.1) is 0 Å². The molecule has 0 saturated heterocycles. The number of hydrogen-bond donors (Lipinski definition) is 0. The van der Waals surface area contributed by atoms with Gasteiger partial charge in [0.25, 0.3) is 0 Å². The van der Waals surface area contributed by atoms with Gasteiger partial charge in [-0.15, -0.1) is 0 Å². The van der Waals surface area contributed by atoms with Crippen LogP contribution in [0.3, 0.4) is 0 Å². The Balaban J connectivity index is 3.18. The molecule has 0 rings (SSSR count). The highest BCUT2D eigenvalue weighted by atomic mass is 14.0. The number of allylic oxidation sites excluding steroid dienone is 6. The lowest BCUT2D eigenvalue weighted by Gasteiger charge is -2.02. The summed E-state index contributed by atoms with van der Waals surface area (Å²) in [6.07, 6.45) is 42.9. The van der Waals surface area contributed by atoms with E-state index in [9.17, 15) is 0 Å². The summed E-state index contributed by atoms with van der Waals surface area (Å²) in [6.45, 7) is 4.56. The first-order valence-electron chi connectivity index (χ1n) is 13.4. The number of hydrogen-bond acceptors (Lipinski definition) is 0. The van der Waals surface area contributed by atoms with Crippen LogP contribution in [-0.4, -0.2) is 0 Å². The van der Waals surface area contributed by atoms with Gasteiger partial charge in [-0.1, -0.05) is 147 Å². The van der Waals surface area contributed by atoms with Crippen molar-refractivity contribution in [2.24, 2.45) is 0 Å². The molecular weight excluding hydrogens is 348 g/mol. The molecule has 0 saturated carbocycles. The smallest absolute Gasteiger partial charge is 0.0169 e. The Labute approximate surface area is 185 Å². The summed E-state index contributed by atoms with van der Waals surface area (Å²) >= 11 is 0. The van der Waals surface area contributed by atoms with Crippen LogP contribution < -0.4 is 0 Å². The summed E-state index contributed by atoms with van der Waals surface area (Å²) in [6, 6.07) is 0. The van der Waals surface area contributed by atoms with Gasteiger partial charge in [0.1, 0.15) is 0 Å². The van der Waals surface area contributed by atoms with Gasteiger partial charge >= 0.3 is 0 Å². The summed E-state index contributed by atoms with van der Waals surface area (Å²) in [5, 5.41) is 0. The molecule has 0 amide bonds. The van der Waals surface area contributed by atoms with Crippen molar-refractivity contribution in [3.05, 3.63) is 36.5 Å². The van der Waals surface area contributed by atoms with E-state index in [4.69, 9.17) is 0 Å². The van der Waals surface area contributed by atoms with Crippen molar-refractivity contribution in [3.63, 3.8) is 0 Å². The van der Waals surface area contributed by atoms with E-state index in [0.29, 0.717) is 0 Å². The highest BCUT2D eigenvalue weighted by Crippen LogP contribution is 2.13. The molecule has 0 heterocycles. The van der Waals surface area contributed by atoms with Crippen LogP contribution in [0.4, 0.5) is 0 Å². The Morgan fingerprint density at radius 2 is 0.586 bits per heavy atom. The molecule has 0 nitrogen and oxygen atoms in total. The van der Waals surface area contributed by atoms with Gasteiger partial charge in [-0.25, -0.2) is 0 Å². The Morgan fingerprint density at radius 1 is 0.310 bits per heavy atom. The number of unbranched alkanes of at least 4 members (excludes halogenated alkanes) is 17. The van der Waals surface area contributed by atoms with Crippen molar-refractivity contribution in [1.82, 2.24) is 0 Å². The summed E-state index contributed by atoms with van der Waals surface area (Å²) in [5.74, 6) is 0. The molecule has 0 aliphatic carbocycles. The average molecular weight is 403 g/mol. The summed E-state index contributed by atoms with van der Waals surface area (Å²) in [4.78, 5) is 0. The fourth-order valence-corrected chi connectivity index (χ4v) is 3.75. The predicted octanol–water partition coefficient (Wildman–Crippen LogP) is 10.9. The average Bonchev–Trinajstić information content (AvgIpc) is 2.74. The van der Waals surface area contributed by atoms with Crippen molar-refractivity contribution < 1.29 is 0 Å². The Bertz CT molecular complexity index is 360. The molecule has 0 heteroatoms. The van der Waals surface area contributed by atoms with Crippen LogP contribution in [0, 0.1) is 0 Å². The second-order valence-corrected chi connectivity index (χ2v) is 8.77. The number of rotatable bonds is 23. The van der Waals surface area contributed by atoms with Crippen molar-refractivity contribution in [2.75, 3.05) is 0 Å². The van der Waals surface area contributed by atoms with Gasteiger partial charge < -0.3 is 0 Å². The van der Waals surface area contributed by atoms with Crippen LogP contribution in [-0.2, 0) is 0 Å². The van der Waals surface area contributed by atoms with E-state index in [1.54, 1.807) is 0 Å². The van der Waals surface area contributed by atoms with E-state index in [1.165, 1.54) is 122 Å². The minimum absolute atomic E-state index is 1.10. The largest absolute Gasteiger partial charge is 0.0882 e. The third kappa shape index (κ3) is 27.2. The van der Waals surface area contributed by atoms with E-state index in [1.807, 2.05) is 0 Å². The maximum atomic E-state index is 2.38. The van der Waals surface area contributed by atoms with Crippen LogP contribution >= 0.6 is 0 Å². The van der Waals surface area contributed by atoms with Gasteiger partial charge in [0.2, 0.25) is 0 Å². The third-order valence-corrected chi connectivity index (χ3v) is 5.74. The first-order chi connectivity index (χ1) is 14.4. The van der Waals surface area contributed by atoms with Crippen LogP contribution in [0.5, 0.6) is 0 Å². The predicted molar refractivity (Wildman–Crippen MR) is 136 cm³/mol. The molecule has 0 aromatic rings. The van der Waals surface area contributed by atoms with Crippen LogP contribution in [0.25, 0.3) is 0 Å². The highest BCUT2D eigenvalue weighted by Gasteiger charge is 1.93. The van der Waals surface area contributed by atoms with Crippen molar-refractivity contribution in [2.45, 2.75) is 149 Å². The van der Waals surface area contributed by atoms with Crippen molar-refractivity contribution in [1.29, 1.82) is 0 Å². The molecule has 0 fully saturated rings. The first-order valence-corrected chi connectivity index (χ1v) is 13.4. The molecule has 0 N–H and O–H groups in total. The molecule has 29 heavy (non-hydrogen) atoms. The molecule has 0 bridgehead atoms. The van der Waals surface area contributed by atoms with Crippen LogP contribution in [0.15, 0.2) is 36.5 Å². The van der Waals surface area contributed by atoms with Gasteiger partial charge in [0, 0.05) is 0 Å². The zero-order chi connectivity index (χ0) is 21.1. The van der Waals surface area contributed by atoms with Gasteiger partial charge in [-0.05, 0) is 38.5 Å². The molecule has 0 aliphatic rings. The maximum Gasteiger partial charge on any atom is -0.0169 e. The molecule has 0 aliphatic heterocycles. The molecule has 0 unspecified atom stereocenters. The highest BCUT2D eigenvalue weighted by molar-refractivity contribution is 4.97. The Kier molecular flexibility index (Phi) is 26.5. The van der Waals surface area contributed by atoms with E-state index >= 15 is 0 Å². The molecular formula is C29H54. The van der Waals surface area contributed by atoms with E-state index in [-0.39, 0.29) is 0 Å². The SMILES string of the molecule is CCCCC/C=C/C/C=C/C/C=C/CCCCCCCCCCCCCCCC. The topological polar surface area (TPSA) is 0 Å². The van der Waals surface area contributed by atoms with Crippen molar-refractivity contribution in [3.8, 4) is 0 Å². The molecule has 0 radical (unpaired) electrons. The van der Waals surface area contributed by atoms with E-state index < -0.39 is 0 Å². The van der Waals surface area contributed by atoms with E-state index in [0.717, 1.165) is 12.8 Å². The summed E-state index contributed by atoms with van der Waals surface area (Å²) in [5.41, 5.74) is 0. The van der Waals surface area contributed by atoms with Gasteiger partial charge in [-0.3, -0.25) is 0 Å². The Hall–Kier alpha value is -0.780. The van der Waals surface area contributed by atoms with Crippen molar-refractivity contribution >= 4 is 0 Å². The standard InChI is InChI=1S/C29H54/c1-3-5-7-9-11-13-15-17-19-21-23-25-27-29-28-26-24-22-20-18-16-14-12-10-8-6-4-2/h11,13,17,19,23,25H,3-10,12,14-16,18,20-22,24,26-29H2,1-2H3/b13-11+,19-17+,25-23+. The lowest BCUT2D eigenvalue weighted by molar-refractivity contribution is 0.536. The zero-order valence-electron chi connectivity index (χ0n) is 20.3. The zero-order valence-corrected chi connectivity index (χ0v) is 20.3. The third-order valence-electron chi connectivity index (χ3n) is 5.74. The minimum atomic E-state index is 1.10. The monoisotopic (exact) mass is 402 g/mol. The lowest BCUT2D eigenvalue weighted by Crippen LogP contribution is -1.83. The summed E-state index contributed by atoms with van der Waals surface area (Å²) < 4.78 is 0. The van der Waals surface area contributed by atoms with Crippen LogP contribution in [0.1, 0.15) is 149 Å². The molecule has 0 aromatic heterocycles. The molecule has 170 valence electrons. The van der Waals surface area contributed by atoms with Gasteiger partial charge in [-0.2, -0.15) is 0 Å². The van der Waals surface area contributed by atoms with E-state index in [2.05, 4.69) is 50.3 Å². The fourth-order valence-electron chi connectivity index (χ4n) is 3.75. The molecule has 0 atom stereocenters. The second kappa shape index (κ2) is 27.2. The minimum Gasteiger partial charge on any atom is -0.0882 e. The first kappa shape index (κ1) is 28.2. The summed E-state index contributed by atoms with van der Waals surface area (Å²) in [7, 11) is 0. The Morgan fingerprint density at radius 3 is 1.00 bits per heavy atom. The molecule has 0 spiro atoms. The fraction of sp³-hybridized carbons (Fsp3) is 0.793. The van der Waals surface area contributed by atoms with Gasteiger partial charge in [0.15, 0.2) is 0 Å². The maximum absolute atomic E-state index is 2.38. The normalized spacial score (nSPS) is 12.2. The lowest BCUT2D eigenvalue weighted by atomic mass is 10.0. The molecule has 0 aromatic carbocycles. The quantitative estimate of drug-likeness (QED) is 0.118. The second-order valence-electron chi connectivity index (χ2n) is 8.77. The van der Waals surface area contributed by atoms with Crippen LogP contribution in [0.2, 0.25) is 0 Å².